The molecule has 94 valence electrons. The van der Waals surface area contributed by atoms with Crippen molar-refractivity contribution in [2.75, 3.05) is 5.32 Å². The van der Waals surface area contributed by atoms with E-state index in [9.17, 15) is 0 Å². The lowest BCUT2D eigenvalue weighted by atomic mass is 10.3. The number of allylic oxidation sites excluding steroid dienone is 4. The molecule has 3 heteroatoms. The minimum absolute atomic E-state index is 0.636. The van der Waals surface area contributed by atoms with E-state index in [0.717, 1.165) is 15.9 Å². The summed E-state index contributed by atoms with van der Waals surface area (Å²) in [6.07, 6.45) is 5.04. The second kappa shape index (κ2) is 6.87. The number of hydrogen-bond acceptors (Lipinski definition) is 2. The van der Waals surface area contributed by atoms with Crippen molar-refractivity contribution in [2.24, 2.45) is 0 Å². The van der Waals surface area contributed by atoms with Crippen LogP contribution >= 0.6 is 15.9 Å². The Labute approximate surface area is 116 Å². The number of nitrogens with one attached hydrogen (secondary N) is 1. The normalized spacial score (nSPS) is 10.7. The summed E-state index contributed by atoms with van der Waals surface area (Å²) in [5.41, 5.74) is 1.68. The van der Waals surface area contributed by atoms with Crippen LogP contribution < -0.4 is 10.1 Å². The number of anilines is 1. The first-order valence-electron chi connectivity index (χ1n) is 5.42. The molecule has 0 saturated carbocycles. The van der Waals surface area contributed by atoms with Crippen LogP contribution in [0.5, 0.6) is 5.75 Å². The summed E-state index contributed by atoms with van der Waals surface area (Å²) < 4.78 is 6.70. The van der Waals surface area contributed by atoms with Gasteiger partial charge in [0.25, 0.3) is 0 Å². The summed E-state index contributed by atoms with van der Waals surface area (Å²) in [5.74, 6) is 1.34. The van der Waals surface area contributed by atoms with E-state index in [1.807, 2.05) is 25.1 Å². The lowest BCUT2D eigenvalue weighted by Crippen LogP contribution is -1.99. The van der Waals surface area contributed by atoms with E-state index in [1.165, 1.54) is 0 Å². The first-order chi connectivity index (χ1) is 8.56. The van der Waals surface area contributed by atoms with Crippen molar-refractivity contribution in [3.8, 4) is 5.75 Å². The molecule has 0 saturated heterocycles. The first kappa shape index (κ1) is 14.3. The van der Waals surface area contributed by atoms with Gasteiger partial charge in [0, 0.05) is 10.2 Å². The molecule has 0 aliphatic carbocycles. The van der Waals surface area contributed by atoms with E-state index in [-0.39, 0.29) is 0 Å². The Bertz CT molecular complexity index is 503. The van der Waals surface area contributed by atoms with Crippen LogP contribution in [0.2, 0.25) is 0 Å². The van der Waals surface area contributed by atoms with Crippen molar-refractivity contribution < 1.29 is 4.74 Å². The lowest BCUT2D eigenvalue weighted by Gasteiger charge is -2.13. The highest BCUT2D eigenvalue weighted by molar-refractivity contribution is 9.10. The molecule has 1 N–H and O–H groups in total. The number of rotatable bonds is 6. The molecular formula is C15H16BrNO. The fraction of sp³-hybridized carbons (Fsp3) is 0.0667. The van der Waals surface area contributed by atoms with Crippen molar-refractivity contribution in [3.05, 3.63) is 72.1 Å². The van der Waals surface area contributed by atoms with E-state index >= 15 is 0 Å². The first-order valence-corrected chi connectivity index (χ1v) is 6.21. The summed E-state index contributed by atoms with van der Waals surface area (Å²) in [6.45, 7) is 13.0. The quantitative estimate of drug-likeness (QED) is 0.588. The van der Waals surface area contributed by atoms with Gasteiger partial charge in [-0.2, -0.15) is 0 Å². The van der Waals surface area contributed by atoms with Gasteiger partial charge in [0.2, 0.25) is 0 Å². The Morgan fingerprint density at radius 3 is 2.67 bits per heavy atom. The van der Waals surface area contributed by atoms with Crippen LogP contribution in [0.4, 0.5) is 5.69 Å². The van der Waals surface area contributed by atoms with Crippen LogP contribution in [-0.2, 0) is 0 Å². The SMILES string of the molecule is C=C/C=C(\C=C)Oc1ccc(Br)cc1NC(=C)C. The zero-order chi connectivity index (χ0) is 13.5. The molecule has 18 heavy (non-hydrogen) atoms. The molecule has 0 unspecified atom stereocenters. The highest BCUT2D eigenvalue weighted by Gasteiger charge is 2.06. The van der Waals surface area contributed by atoms with Crippen molar-refractivity contribution in [1.82, 2.24) is 0 Å². The molecule has 0 bridgehead atoms. The van der Waals surface area contributed by atoms with Crippen LogP contribution in [0.1, 0.15) is 6.92 Å². The van der Waals surface area contributed by atoms with E-state index in [0.29, 0.717) is 11.5 Å². The zero-order valence-corrected chi connectivity index (χ0v) is 12.0. The van der Waals surface area contributed by atoms with Crippen molar-refractivity contribution in [3.63, 3.8) is 0 Å². The van der Waals surface area contributed by atoms with E-state index in [4.69, 9.17) is 4.74 Å². The van der Waals surface area contributed by atoms with Gasteiger partial charge in [-0.1, -0.05) is 41.7 Å². The molecular weight excluding hydrogens is 290 g/mol. The van der Waals surface area contributed by atoms with Crippen LogP contribution in [0, 0.1) is 0 Å². The van der Waals surface area contributed by atoms with Gasteiger partial charge in [-0.25, -0.2) is 0 Å². The second-order valence-corrected chi connectivity index (χ2v) is 4.57. The Hall–Kier alpha value is -1.74. The summed E-state index contributed by atoms with van der Waals surface area (Å²) in [7, 11) is 0. The Balaban J connectivity index is 3.07. The van der Waals surface area contributed by atoms with E-state index in [2.05, 4.69) is 41.0 Å². The monoisotopic (exact) mass is 305 g/mol. The molecule has 0 aliphatic heterocycles. The Morgan fingerprint density at radius 2 is 2.11 bits per heavy atom. The summed E-state index contributed by atoms with van der Waals surface area (Å²) in [6, 6.07) is 5.71. The molecule has 2 nitrogen and oxygen atoms in total. The molecule has 0 spiro atoms. The lowest BCUT2D eigenvalue weighted by molar-refractivity contribution is 0.446. The molecule has 1 rings (SSSR count). The van der Waals surface area contributed by atoms with E-state index < -0.39 is 0 Å². The maximum absolute atomic E-state index is 5.74. The van der Waals surface area contributed by atoms with Crippen LogP contribution in [0.15, 0.2) is 72.1 Å². The number of hydrogen-bond donors (Lipinski definition) is 1. The Kier molecular flexibility index (Phi) is 5.46. The van der Waals surface area contributed by atoms with Gasteiger partial charge in [0.05, 0.1) is 5.69 Å². The van der Waals surface area contributed by atoms with Crippen LogP contribution in [0.25, 0.3) is 0 Å². The largest absolute Gasteiger partial charge is 0.455 e. The molecule has 0 radical (unpaired) electrons. The minimum Gasteiger partial charge on any atom is -0.455 e. The van der Waals surface area contributed by atoms with Gasteiger partial charge < -0.3 is 10.1 Å². The Morgan fingerprint density at radius 1 is 1.39 bits per heavy atom. The van der Waals surface area contributed by atoms with Gasteiger partial charge in [0.15, 0.2) is 5.75 Å². The van der Waals surface area contributed by atoms with Crippen LogP contribution in [0.3, 0.4) is 0 Å². The van der Waals surface area contributed by atoms with Crippen LogP contribution in [-0.4, -0.2) is 0 Å². The number of benzene rings is 1. The third-order valence-electron chi connectivity index (χ3n) is 2.00. The van der Waals surface area contributed by atoms with Crippen molar-refractivity contribution in [1.29, 1.82) is 0 Å². The van der Waals surface area contributed by atoms with Gasteiger partial charge in [-0.3, -0.25) is 0 Å². The predicted octanol–water partition coefficient (Wildman–Crippen LogP) is 5.03. The summed E-state index contributed by atoms with van der Waals surface area (Å²) >= 11 is 3.42. The highest BCUT2D eigenvalue weighted by atomic mass is 79.9. The average Bonchev–Trinajstić information content (AvgIpc) is 2.31. The molecule has 0 aromatic heterocycles. The second-order valence-electron chi connectivity index (χ2n) is 3.66. The molecule has 1 aromatic carbocycles. The van der Waals surface area contributed by atoms with Gasteiger partial charge in [-0.15, -0.1) is 0 Å². The molecule has 0 amide bonds. The standard InChI is InChI=1S/C15H16BrNO/c1-5-7-13(6-2)18-15-9-8-12(16)10-14(15)17-11(3)4/h5-10,17H,1-3H2,4H3/b13-7+. The molecule has 1 aromatic rings. The van der Waals surface area contributed by atoms with Gasteiger partial charge >= 0.3 is 0 Å². The third-order valence-corrected chi connectivity index (χ3v) is 2.49. The topological polar surface area (TPSA) is 21.3 Å². The smallest absolute Gasteiger partial charge is 0.150 e. The van der Waals surface area contributed by atoms with Gasteiger partial charge in [0.1, 0.15) is 5.76 Å². The molecule has 0 fully saturated rings. The maximum atomic E-state index is 5.74. The zero-order valence-electron chi connectivity index (χ0n) is 10.4. The number of ether oxygens (including phenoxy) is 1. The van der Waals surface area contributed by atoms with Crippen molar-refractivity contribution in [2.45, 2.75) is 6.92 Å². The fourth-order valence-corrected chi connectivity index (χ4v) is 1.67. The highest BCUT2D eigenvalue weighted by Crippen LogP contribution is 2.30. The fourth-order valence-electron chi connectivity index (χ4n) is 1.31. The summed E-state index contributed by atoms with van der Waals surface area (Å²) in [5, 5.41) is 3.15. The maximum Gasteiger partial charge on any atom is 0.150 e. The average molecular weight is 306 g/mol. The third kappa shape index (κ3) is 4.26. The number of halogens is 1. The molecule has 0 aliphatic rings. The van der Waals surface area contributed by atoms with Crippen molar-refractivity contribution >= 4 is 21.6 Å². The predicted molar refractivity (Wildman–Crippen MR) is 81.7 cm³/mol. The molecule has 0 heterocycles. The summed E-state index contributed by atoms with van der Waals surface area (Å²) in [4.78, 5) is 0. The van der Waals surface area contributed by atoms with E-state index in [1.54, 1.807) is 18.2 Å². The molecule has 0 atom stereocenters. The van der Waals surface area contributed by atoms with Gasteiger partial charge in [-0.05, 0) is 37.3 Å². The minimum atomic E-state index is 0.636.